The summed E-state index contributed by atoms with van der Waals surface area (Å²) in [6.07, 6.45) is 0. The summed E-state index contributed by atoms with van der Waals surface area (Å²) in [6, 6.07) is 81.0. The molecule has 0 spiro atoms. The van der Waals surface area contributed by atoms with E-state index in [4.69, 9.17) is 0 Å². The van der Waals surface area contributed by atoms with Crippen LogP contribution in [-0.4, -0.2) is 0 Å². The number of benzene rings is 9. The van der Waals surface area contributed by atoms with E-state index in [-0.39, 0.29) is 0 Å². The molecule has 5 heteroatoms. The van der Waals surface area contributed by atoms with E-state index in [2.05, 4.69) is 239 Å². The van der Waals surface area contributed by atoms with E-state index in [9.17, 15) is 0 Å². The summed E-state index contributed by atoms with van der Waals surface area (Å²) in [5.41, 5.74) is 9.97. The van der Waals surface area contributed by atoms with Crippen molar-refractivity contribution < 1.29 is 0 Å². The van der Waals surface area contributed by atoms with Crippen LogP contribution >= 0.6 is 22.7 Å². The van der Waals surface area contributed by atoms with Crippen molar-refractivity contribution in [2.45, 2.75) is 0 Å². The lowest BCUT2D eigenvalue weighted by Gasteiger charge is -2.33. The lowest BCUT2D eigenvalue weighted by molar-refractivity contribution is 1.23. The van der Waals surface area contributed by atoms with Gasteiger partial charge in [-0.25, -0.2) is 0 Å². The standard InChI is InChI=1S/C54H37N3S2/c1-5-17-38(18-6-1)55(39-19-7-2-8-20-39)42-30-33-53-48(35-42)46-32-29-44(37-54(46)59-53)57(43-31-34-52-47(36-43)45-25-13-16-28-51(45)58-52)50-27-15-14-26-49(50)56(40-21-9-3-10-22-40)41-23-11-4-12-24-41/h1-37H. The van der Waals surface area contributed by atoms with E-state index in [1.54, 1.807) is 0 Å². The van der Waals surface area contributed by atoms with Crippen LogP contribution in [0.15, 0.2) is 224 Å². The molecule has 0 unspecified atom stereocenters. The second-order valence-electron chi connectivity index (χ2n) is 14.6. The van der Waals surface area contributed by atoms with E-state index in [1.807, 2.05) is 22.7 Å². The molecule has 0 atom stereocenters. The van der Waals surface area contributed by atoms with Gasteiger partial charge in [0.25, 0.3) is 0 Å². The summed E-state index contributed by atoms with van der Waals surface area (Å²) in [5, 5.41) is 5.06. The van der Waals surface area contributed by atoms with Crippen molar-refractivity contribution in [3.05, 3.63) is 224 Å². The molecule has 3 nitrogen and oxygen atoms in total. The van der Waals surface area contributed by atoms with Gasteiger partial charge in [-0.3, -0.25) is 0 Å². The van der Waals surface area contributed by atoms with Crippen molar-refractivity contribution in [3.8, 4) is 0 Å². The van der Waals surface area contributed by atoms with E-state index in [1.165, 1.54) is 40.3 Å². The second kappa shape index (κ2) is 15.0. The van der Waals surface area contributed by atoms with Crippen molar-refractivity contribution in [1.82, 2.24) is 0 Å². The summed E-state index contributed by atoms with van der Waals surface area (Å²) >= 11 is 3.70. The molecule has 59 heavy (non-hydrogen) atoms. The van der Waals surface area contributed by atoms with Crippen LogP contribution in [0.5, 0.6) is 0 Å². The van der Waals surface area contributed by atoms with Gasteiger partial charge in [0.05, 0.1) is 11.4 Å². The van der Waals surface area contributed by atoms with E-state index < -0.39 is 0 Å². The van der Waals surface area contributed by atoms with Crippen molar-refractivity contribution in [3.63, 3.8) is 0 Å². The normalized spacial score (nSPS) is 11.4. The Bertz CT molecular complexity index is 3150. The SMILES string of the molecule is c1ccc(N(c2ccccc2)c2ccc3sc4cc(N(c5ccc6sc7ccccc7c6c5)c5ccccc5N(c5ccccc5)c5ccccc5)ccc4c3c2)cc1. The Hall–Kier alpha value is -7.18. The third kappa shape index (κ3) is 6.38. The summed E-state index contributed by atoms with van der Waals surface area (Å²) in [7, 11) is 0. The molecule has 0 aliphatic rings. The largest absolute Gasteiger partial charge is 0.310 e. The van der Waals surface area contributed by atoms with E-state index in [0.717, 1.165) is 51.2 Å². The Morgan fingerprint density at radius 1 is 0.220 bits per heavy atom. The Labute approximate surface area is 351 Å². The lowest BCUT2D eigenvalue weighted by Crippen LogP contribution is -2.16. The second-order valence-corrected chi connectivity index (χ2v) is 16.7. The molecule has 9 aromatic carbocycles. The minimum Gasteiger partial charge on any atom is -0.310 e. The molecule has 0 fully saturated rings. The fourth-order valence-corrected chi connectivity index (χ4v) is 10.5. The average Bonchev–Trinajstić information content (AvgIpc) is 3.86. The van der Waals surface area contributed by atoms with Gasteiger partial charge >= 0.3 is 0 Å². The summed E-state index contributed by atoms with van der Waals surface area (Å²) in [5.74, 6) is 0. The lowest BCUT2D eigenvalue weighted by atomic mass is 10.1. The number of para-hydroxylation sites is 6. The number of thiophene rings is 2. The molecule has 280 valence electrons. The van der Waals surface area contributed by atoms with Crippen molar-refractivity contribution >= 4 is 114 Å². The zero-order valence-corrected chi connectivity index (χ0v) is 33.7. The molecule has 0 saturated heterocycles. The minimum absolute atomic E-state index is 1.09. The molecule has 11 aromatic rings. The first-order valence-electron chi connectivity index (χ1n) is 19.8. The molecule has 0 aliphatic heterocycles. The molecule has 2 heterocycles. The van der Waals surface area contributed by atoms with Crippen molar-refractivity contribution in [2.24, 2.45) is 0 Å². The molecule has 0 aliphatic carbocycles. The maximum atomic E-state index is 2.45. The highest BCUT2D eigenvalue weighted by molar-refractivity contribution is 7.26. The van der Waals surface area contributed by atoms with Gasteiger partial charge in [0, 0.05) is 80.2 Å². The highest BCUT2D eigenvalue weighted by Gasteiger charge is 2.23. The van der Waals surface area contributed by atoms with Gasteiger partial charge in [-0.15, -0.1) is 22.7 Å². The number of fused-ring (bicyclic) bond motifs is 6. The number of rotatable bonds is 9. The summed E-state index contributed by atoms with van der Waals surface area (Å²) < 4.78 is 5.09. The average molecular weight is 792 g/mol. The van der Waals surface area contributed by atoms with Gasteiger partial charge in [0.2, 0.25) is 0 Å². The summed E-state index contributed by atoms with van der Waals surface area (Å²) in [6.45, 7) is 0. The molecule has 0 saturated carbocycles. The predicted octanol–water partition coefficient (Wildman–Crippen LogP) is 16.8. The number of nitrogens with zero attached hydrogens (tertiary/aromatic N) is 3. The zero-order chi connectivity index (χ0) is 39.1. The molecule has 0 N–H and O–H groups in total. The molecule has 11 rings (SSSR count). The molecule has 0 radical (unpaired) electrons. The first kappa shape index (κ1) is 35.0. The molecule has 2 aromatic heterocycles. The van der Waals surface area contributed by atoms with Gasteiger partial charge in [0.1, 0.15) is 0 Å². The molecular formula is C54H37N3S2. The van der Waals surface area contributed by atoms with E-state index in [0.29, 0.717) is 0 Å². The maximum Gasteiger partial charge on any atom is 0.0702 e. The van der Waals surface area contributed by atoms with Gasteiger partial charge in [-0.05, 0) is 115 Å². The van der Waals surface area contributed by atoms with Crippen molar-refractivity contribution in [1.29, 1.82) is 0 Å². The first-order valence-corrected chi connectivity index (χ1v) is 21.5. The van der Waals surface area contributed by atoms with Crippen LogP contribution in [-0.2, 0) is 0 Å². The van der Waals surface area contributed by atoms with E-state index >= 15 is 0 Å². The smallest absolute Gasteiger partial charge is 0.0702 e. The quantitative estimate of drug-likeness (QED) is 0.144. The van der Waals surface area contributed by atoms with Gasteiger partial charge in [-0.1, -0.05) is 109 Å². The third-order valence-electron chi connectivity index (χ3n) is 11.0. The zero-order valence-electron chi connectivity index (χ0n) is 32.0. The Balaban J connectivity index is 1.10. The van der Waals surface area contributed by atoms with Crippen LogP contribution in [0.1, 0.15) is 0 Å². The van der Waals surface area contributed by atoms with Crippen LogP contribution < -0.4 is 14.7 Å². The molecule has 0 amide bonds. The highest BCUT2D eigenvalue weighted by atomic mass is 32.1. The van der Waals surface area contributed by atoms with Gasteiger partial charge in [-0.2, -0.15) is 0 Å². The first-order chi connectivity index (χ1) is 29.3. The minimum atomic E-state index is 1.09. The number of anilines is 9. The monoisotopic (exact) mass is 791 g/mol. The Morgan fingerprint density at radius 3 is 1.12 bits per heavy atom. The summed E-state index contributed by atoms with van der Waals surface area (Å²) in [4.78, 5) is 7.15. The van der Waals surface area contributed by atoms with Crippen LogP contribution in [0.4, 0.5) is 51.2 Å². The fraction of sp³-hybridized carbons (Fsp3) is 0. The van der Waals surface area contributed by atoms with Crippen molar-refractivity contribution in [2.75, 3.05) is 14.7 Å². The van der Waals surface area contributed by atoms with Crippen LogP contribution in [0.25, 0.3) is 40.3 Å². The Kier molecular flexibility index (Phi) is 8.88. The Morgan fingerprint density at radius 2 is 0.576 bits per heavy atom. The van der Waals surface area contributed by atoms with Crippen LogP contribution in [0, 0.1) is 0 Å². The highest BCUT2D eigenvalue weighted by Crippen LogP contribution is 2.49. The fourth-order valence-electron chi connectivity index (χ4n) is 8.34. The number of hydrogen-bond donors (Lipinski definition) is 0. The molecular weight excluding hydrogens is 755 g/mol. The topological polar surface area (TPSA) is 9.72 Å². The van der Waals surface area contributed by atoms with Crippen LogP contribution in [0.3, 0.4) is 0 Å². The molecule has 0 bridgehead atoms. The van der Waals surface area contributed by atoms with Crippen LogP contribution in [0.2, 0.25) is 0 Å². The third-order valence-corrected chi connectivity index (χ3v) is 13.3. The predicted molar refractivity (Wildman–Crippen MR) is 256 cm³/mol. The maximum absolute atomic E-state index is 2.45. The van der Waals surface area contributed by atoms with Gasteiger partial charge < -0.3 is 14.7 Å². The number of hydrogen-bond acceptors (Lipinski definition) is 5. The van der Waals surface area contributed by atoms with Gasteiger partial charge in [0.15, 0.2) is 0 Å².